The average Bonchev–Trinajstić information content (AvgIpc) is 0.663. The fraction of sp³-hybridized carbons (Fsp3) is 0.259. The maximum absolute atomic E-state index is 10.8. The van der Waals surface area contributed by atoms with Crippen molar-refractivity contribution in [3.8, 4) is 73.2 Å². The second kappa shape index (κ2) is 20.2. The minimum atomic E-state index is -5.00. The lowest BCUT2D eigenvalue weighted by Crippen LogP contribution is -2.34. The third-order valence-corrected chi connectivity index (χ3v) is 15.0. The van der Waals surface area contributed by atoms with Crippen LogP contribution in [-0.2, 0) is 27.1 Å². The number of aryl methyl sites for hydroxylation is 1. The first kappa shape index (κ1) is 22.5. The Hall–Kier alpha value is -8.80. The molecule has 3 heterocycles. The molecule has 5 nitrogen and oxygen atoms in total. The van der Waals surface area contributed by atoms with E-state index in [-0.39, 0.29) is 50.7 Å². The van der Waals surface area contributed by atoms with Crippen LogP contribution in [-0.4, -0.2) is 14.1 Å². The highest BCUT2D eigenvalue weighted by molar-refractivity contribution is 6.09. The molecular weight excluding hydrogens is 1040 g/mol. The van der Waals surface area contributed by atoms with E-state index >= 15 is 0 Å². The third-order valence-electron chi connectivity index (χ3n) is 15.0. The Labute approximate surface area is 580 Å². The van der Waals surface area contributed by atoms with Gasteiger partial charge in [0.1, 0.15) is 17.3 Å². The molecule has 0 atom stereocenters. The van der Waals surface area contributed by atoms with Gasteiger partial charge in [-0.25, -0.2) is 4.98 Å². The molecule has 0 fully saturated rings. The molecule has 428 valence electrons. The molecule has 0 bridgehead atoms. The molecule has 0 amide bonds. The first-order valence-electron chi connectivity index (χ1n) is 52.0. The molecule has 14 rings (SSSR count). The highest BCUT2D eigenvalue weighted by Crippen LogP contribution is 2.51. The van der Waals surface area contributed by atoms with Crippen molar-refractivity contribution < 1.29 is 79.2 Å². The molecule has 86 heavy (non-hydrogen) atoms. The van der Waals surface area contributed by atoms with Gasteiger partial charge in [0.25, 0.3) is 6.33 Å². The number of ether oxygens (including phenoxy) is 1. The summed E-state index contributed by atoms with van der Waals surface area (Å²) in [6, 6.07) is 3.62. The number of fused-ring (bicyclic) bond motifs is 6. The summed E-state index contributed by atoms with van der Waals surface area (Å²) >= 11 is 0. The van der Waals surface area contributed by atoms with E-state index < -0.39 is 283 Å². The third kappa shape index (κ3) is 9.46. The highest BCUT2D eigenvalue weighted by atomic mass is 16.5. The van der Waals surface area contributed by atoms with Gasteiger partial charge in [-0.3, -0.25) is 13.7 Å². The monoisotopic (exact) mass is 1170 g/mol. The van der Waals surface area contributed by atoms with Gasteiger partial charge in [0.2, 0.25) is 0 Å². The van der Waals surface area contributed by atoms with Crippen molar-refractivity contribution in [2.24, 2.45) is 0 Å². The summed E-state index contributed by atoms with van der Waals surface area (Å²) in [6.45, 7) is -36.4. The molecule has 3 aromatic heterocycles. The van der Waals surface area contributed by atoms with E-state index in [9.17, 15) is 38.4 Å². The number of pyridine rings is 1. The normalized spacial score (nSPS) is 28.2. The molecule has 9 aromatic carbocycles. The van der Waals surface area contributed by atoms with Gasteiger partial charge < -0.3 is 4.74 Å². The molecule has 0 radical (unpaired) electrons. The Morgan fingerprint density at radius 2 is 1.14 bits per heavy atom. The van der Waals surface area contributed by atoms with Crippen LogP contribution in [0.2, 0.25) is 0 Å². The van der Waals surface area contributed by atoms with Crippen molar-refractivity contribution >= 4 is 32.8 Å². The van der Waals surface area contributed by atoms with E-state index in [1.807, 2.05) is 0 Å². The zero-order valence-corrected chi connectivity index (χ0v) is 45.6. The number of imidazole rings is 1. The Morgan fingerprint density at radius 3 is 1.77 bits per heavy atom. The summed E-state index contributed by atoms with van der Waals surface area (Å²) in [7, 11) is 0. The number of aromatic nitrogens is 4. The van der Waals surface area contributed by atoms with Crippen LogP contribution in [0.25, 0.3) is 94.5 Å². The van der Waals surface area contributed by atoms with Gasteiger partial charge >= 0.3 is 0 Å². The fourth-order valence-electron chi connectivity index (χ4n) is 10.8. The second-order valence-electron chi connectivity index (χ2n) is 21.9. The highest BCUT2D eigenvalue weighted by Gasteiger charge is 2.39. The van der Waals surface area contributed by atoms with Crippen LogP contribution in [0.15, 0.2) is 206 Å². The van der Waals surface area contributed by atoms with Crippen molar-refractivity contribution in [1.29, 1.82) is 0 Å². The molecule has 2 aliphatic carbocycles. The van der Waals surface area contributed by atoms with Crippen molar-refractivity contribution in [1.82, 2.24) is 14.1 Å². The largest absolute Gasteiger partial charge is 0.458 e. The lowest BCUT2D eigenvalue weighted by molar-refractivity contribution is -0.571. The molecule has 0 unspecified atom stereocenters. The van der Waals surface area contributed by atoms with Crippen molar-refractivity contribution in [3.63, 3.8) is 0 Å². The van der Waals surface area contributed by atoms with Crippen LogP contribution < -0.4 is 9.30 Å². The van der Waals surface area contributed by atoms with Crippen LogP contribution >= 0.6 is 0 Å². The second-order valence-corrected chi connectivity index (χ2v) is 21.9. The molecular formula is C81H78N4O. The number of benzene rings is 9. The molecule has 0 spiro atoms. The van der Waals surface area contributed by atoms with E-state index in [2.05, 4.69) is 11.3 Å². The van der Waals surface area contributed by atoms with E-state index in [0.29, 0.717) is 16.3 Å². The van der Waals surface area contributed by atoms with E-state index in [1.165, 1.54) is 61.7 Å². The summed E-state index contributed by atoms with van der Waals surface area (Å²) in [5, 5.41) is 1.03. The van der Waals surface area contributed by atoms with Crippen LogP contribution in [0, 0.1) is 13.2 Å². The van der Waals surface area contributed by atoms with E-state index in [1.54, 1.807) is 30.3 Å². The Kier molecular flexibility index (Phi) is 5.27. The van der Waals surface area contributed by atoms with Crippen molar-refractivity contribution in [2.75, 3.05) is 0 Å². The molecule has 2 aliphatic rings. The predicted molar refractivity (Wildman–Crippen MR) is 358 cm³/mol. The zero-order chi connectivity index (χ0) is 103. The van der Waals surface area contributed by atoms with Gasteiger partial charge in [-0.1, -0.05) is 221 Å². The molecule has 0 N–H and O–H groups in total. The summed E-state index contributed by atoms with van der Waals surface area (Å²) < 4.78 is 484. The van der Waals surface area contributed by atoms with Crippen LogP contribution in [0.1, 0.15) is 204 Å². The molecule has 5 heteroatoms. The zero-order valence-electron chi connectivity index (χ0n) is 96.6. The number of hydrogen-bond donors (Lipinski definition) is 0. The summed E-state index contributed by atoms with van der Waals surface area (Å²) in [5.74, 6) is -0.281. The summed E-state index contributed by atoms with van der Waals surface area (Å²) in [4.78, 5) is 4.64. The fourth-order valence-corrected chi connectivity index (χ4v) is 10.8. The van der Waals surface area contributed by atoms with E-state index in [4.69, 9.17) is 36.3 Å². The minimum Gasteiger partial charge on any atom is -0.458 e. The predicted octanol–water partition coefficient (Wildman–Crippen LogP) is 21.0. The van der Waals surface area contributed by atoms with Gasteiger partial charge in [-0.2, -0.15) is 0 Å². The average molecular weight is 1170 g/mol. The van der Waals surface area contributed by atoms with Gasteiger partial charge in [-0.05, 0) is 180 Å². The maximum Gasteiger partial charge on any atom is 0.269 e. The first-order chi connectivity index (χ1) is 62.1. The first-order valence-corrected chi connectivity index (χ1v) is 26.5. The van der Waals surface area contributed by atoms with Gasteiger partial charge in [0, 0.05) is 76.6 Å². The van der Waals surface area contributed by atoms with Crippen molar-refractivity contribution in [3.05, 3.63) is 246 Å². The van der Waals surface area contributed by atoms with Crippen LogP contribution in [0.3, 0.4) is 0 Å². The number of hydrogen-bond acceptors (Lipinski definition) is 2. The molecule has 12 aromatic rings. The van der Waals surface area contributed by atoms with Crippen molar-refractivity contribution in [2.45, 2.75) is 135 Å². The number of rotatable bonds is 9. The van der Waals surface area contributed by atoms with Gasteiger partial charge in [-0.15, -0.1) is 0 Å². The number of nitrogens with zero attached hydrogens (tertiary/aromatic N) is 4. The lowest BCUT2D eigenvalue weighted by Gasteiger charge is -2.42. The van der Waals surface area contributed by atoms with E-state index in [0.717, 1.165) is 51.7 Å². The van der Waals surface area contributed by atoms with Crippen LogP contribution in [0.5, 0.6) is 11.5 Å². The lowest BCUT2D eigenvalue weighted by atomic mass is 9.62. The van der Waals surface area contributed by atoms with Crippen LogP contribution in [0.4, 0.5) is 0 Å². The Bertz CT molecular complexity index is 6810. The smallest absolute Gasteiger partial charge is 0.269 e. The topological polar surface area (TPSA) is 35.9 Å². The Morgan fingerprint density at radius 1 is 0.535 bits per heavy atom. The standard InChI is InChI=1S/C81H78N4O/c1-52-42-75(82-50-66(52)54-24-17-14-18-25-54)85-71-29-20-19-28-62(71)63-34-33-61(49-73(63)85)86-60-27-21-26-59(48-60)83-51-84(72-37-32-55(45-74(72)83)53-22-15-13-16-23-53)76-64(56-30-35-67-69(43-56)80(9,10)40-38-78(67,5)6)46-58(77(2,3)4)47-65(76)57-31-36-68-70(44-57)81(11,12)41-39-79(68,7)8/h13-37,42-50H,38-41H2,1-12H3/i1D3,5D3,6D3,7D3,8D3,9D3,10D3,11D3,12D3,13D,14D,15D,16D,17D,18D,22D,23D,24D,25D,30D,31D,35D,36D,38D2,39D2,40D2,41D2,43D,44D. The quantitative estimate of drug-likeness (QED) is 0.107. The molecule has 0 aliphatic heterocycles. The number of para-hydroxylation sites is 1. The Balaban J connectivity index is 1.19. The maximum atomic E-state index is 10.8. The molecule has 0 saturated carbocycles. The summed E-state index contributed by atoms with van der Waals surface area (Å²) in [6.07, 6.45) is -15.8. The SMILES string of the molecule is [2H]c1c([2H])c([2H])c(-c2ccc3c(c2)n(-c2cccc(Oc4ccc5c6ccccc6n(-c6cc(C([2H])([2H])[2H])c(-c7c([2H])c([2H])c([2H])c([2H])c7[2H])cn6)c5c4)c2)[c-][n+]3-c2c(-c3c([2H])c([2H])c4c(c3[2H])C(C([2H])([2H])[2H])(C([2H])([2H])[2H])C([2H])([2H])C([2H])([2H])C4(C([2H])([2H])[2H])C([2H])([2H])[2H])cc(C(C)(C)C)cc2-c2c([2H])c([2H])c3c(c2[2H])C(C([2H])([2H])[2H])(C([2H])([2H])[2H])C([2H])([2H])C([2H])([2H])C3(C([2H])([2H])[2H])C([2H])([2H])[2H])c([2H])c1[2H]. The summed E-state index contributed by atoms with van der Waals surface area (Å²) in [5.41, 5.74) is -38.2. The van der Waals surface area contributed by atoms with Gasteiger partial charge in [0.05, 0.1) is 55.4 Å². The molecule has 0 saturated heterocycles. The van der Waals surface area contributed by atoms with Gasteiger partial charge in [0.15, 0.2) is 0 Å². The minimum absolute atomic E-state index is 0.0357.